The lowest BCUT2D eigenvalue weighted by Gasteiger charge is -2.27. The largest absolute Gasteiger partial charge is 0.317 e. The van der Waals surface area contributed by atoms with Gasteiger partial charge in [-0.05, 0) is 69.5 Å². The van der Waals surface area contributed by atoms with Crippen molar-refractivity contribution in [1.29, 1.82) is 0 Å². The van der Waals surface area contributed by atoms with E-state index in [0.717, 1.165) is 32.4 Å². The third-order valence-electron chi connectivity index (χ3n) is 4.12. The van der Waals surface area contributed by atoms with Crippen molar-refractivity contribution in [2.75, 3.05) is 20.1 Å². The molecular weight excluding hydrogens is 291 g/mol. The summed E-state index contributed by atoms with van der Waals surface area (Å²) in [5, 5.41) is 3.28. The van der Waals surface area contributed by atoms with Gasteiger partial charge in [0.05, 0.1) is 4.90 Å². The standard InChI is InChI=1S/C15H23FN2O2S/c1-11-9-13(16)10-12(2)15(11)21(19,20)18(3)14-5-4-7-17-8-6-14/h9-10,14,17H,4-8H2,1-3H3. The molecule has 4 nitrogen and oxygen atoms in total. The van der Waals surface area contributed by atoms with Gasteiger partial charge in [-0.25, -0.2) is 12.8 Å². The summed E-state index contributed by atoms with van der Waals surface area (Å²) in [6.07, 6.45) is 2.61. The van der Waals surface area contributed by atoms with Gasteiger partial charge in [0.15, 0.2) is 0 Å². The summed E-state index contributed by atoms with van der Waals surface area (Å²) >= 11 is 0. The maximum absolute atomic E-state index is 13.4. The first-order valence-corrected chi connectivity index (χ1v) is 8.73. The van der Waals surface area contributed by atoms with Gasteiger partial charge < -0.3 is 5.32 Å². The molecule has 1 atom stereocenters. The molecule has 0 spiro atoms. The lowest BCUT2D eigenvalue weighted by molar-refractivity contribution is 0.341. The van der Waals surface area contributed by atoms with E-state index in [4.69, 9.17) is 0 Å². The van der Waals surface area contributed by atoms with Crippen molar-refractivity contribution < 1.29 is 12.8 Å². The maximum Gasteiger partial charge on any atom is 0.243 e. The molecule has 1 aliphatic rings. The zero-order valence-electron chi connectivity index (χ0n) is 12.8. The molecule has 0 amide bonds. The lowest BCUT2D eigenvalue weighted by Crippen LogP contribution is -2.38. The summed E-state index contributed by atoms with van der Waals surface area (Å²) < 4.78 is 40.6. The number of rotatable bonds is 3. The van der Waals surface area contributed by atoms with Crippen molar-refractivity contribution in [1.82, 2.24) is 9.62 Å². The van der Waals surface area contributed by atoms with Crippen LogP contribution < -0.4 is 5.32 Å². The molecule has 6 heteroatoms. The Bertz CT molecular complexity index is 585. The summed E-state index contributed by atoms with van der Waals surface area (Å²) in [5.74, 6) is -0.398. The van der Waals surface area contributed by atoms with Crippen LogP contribution in [0.15, 0.2) is 17.0 Å². The van der Waals surface area contributed by atoms with E-state index >= 15 is 0 Å². The zero-order valence-corrected chi connectivity index (χ0v) is 13.6. The summed E-state index contributed by atoms with van der Waals surface area (Å²) in [5.41, 5.74) is 0.928. The van der Waals surface area contributed by atoms with Crippen molar-refractivity contribution >= 4 is 10.0 Å². The Balaban J connectivity index is 2.37. The fourth-order valence-electron chi connectivity index (χ4n) is 3.01. The van der Waals surface area contributed by atoms with E-state index in [2.05, 4.69) is 5.32 Å². The SMILES string of the molecule is Cc1cc(F)cc(C)c1S(=O)(=O)N(C)C1CCCNCC1. The maximum atomic E-state index is 13.4. The highest BCUT2D eigenvalue weighted by molar-refractivity contribution is 7.89. The van der Waals surface area contributed by atoms with Crippen molar-refractivity contribution in [2.45, 2.75) is 44.0 Å². The normalized spacial score (nSPS) is 20.5. The number of aryl methyl sites for hydroxylation is 2. The third kappa shape index (κ3) is 3.44. The molecule has 0 aliphatic carbocycles. The Labute approximate surface area is 126 Å². The fraction of sp³-hybridized carbons (Fsp3) is 0.600. The fourth-order valence-corrected chi connectivity index (χ4v) is 4.83. The van der Waals surface area contributed by atoms with Gasteiger partial charge in [0.25, 0.3) is 0 Å². The van der Waals surface area contributed by atoms with E-state index in [-0.39, 0.29) is 10.9 Å². The van der Waals surface area contributed by atoms with Gasteiger partial charge >= 0.3 is 0 Å². The number of hydrogen-bond donors (Lipinski definition) is 1. The Kier molecular flexibility index (Phi) is 5.01. The number of hydrogen-bond acceptors (Lipinski definition) is 3. The molecule has 2 rings (SSSR count). The molecule has 118 valence electrons. The first kappa shape index (κ1) is 16.4. The summed E-state index contributed by atoms with van der Waals surface area (Å²) in [7, 11) is -1.96. The predicted octanol–water partition coefficient (Wildman–Crippen LogP) is 2.21. The molecule has 0 aromatic heterocycles. The third-order valence-corrected chi connectivity index (χ3v) is 6.34. The minimum atomic E-state index is -3.59. The Hall–Kier alpha value is -0.980. The van der Waals surface area contributed by atoms with E-state index in [1.54, 1.807) is 20.9 Å². The van der Waals surface area contributed by atoms with E-state index < -0.39 is 15.8 Å². The van der Waals surface area contributed by atoms with Crippen LogP contribution in [0.25, 0.3) is 0 Å². The Morgan fingerprint density at radius 3 is 2.43 bits per heavy atom. The predicted molar refractivity (Wildman–Crippen MR) is 81.3 cm³/mol. The Morgan fingerprint density at radius 1 is 1.19 bits per heavy atom. The van der Waals surface area contributed by atoms with Crippen LogP contribution in [0.1, 0.15) is 30.4 Å². The summed E-state index contributed by atoms with van der Waals surface area (Å²) in [6.45, 7) is 5.04. The van der Waals surface area contributed by atoms with Gasteiger partial charge in [0.1, 0.15) is 5.82 Å². The van der Waals surface area contributed by atoms with Crippen LogP contribution in [-0.4, -0.2) is 38.9 Å². The number of benzene rings is 1. The van der Waals surface area contributed by atoms with Gasteiger partial charge in [-0.15, -0.1) is 0 Å². The smallest absolute Gasteiger partial charge is 0.243 e. The van der Waals surface area contributed by atoms with Crippen molar-refractivity contribution in [3.63, 3.8) is 0 Å². The molecule has 1 fully saturated rings. The highest BCUT2D eigenvalue weighted by atomic mass is 32.2. The molecule has 21 heavy (non-hydrogen) atoms. The van der Waals surface area contributed by atoms with E-state index in [1.165, 1.54) is 16.4 Å². The van der Waals surface area contributed by atoms with Crippen molar-refractivity contribution in [2.24, 2.45) is 0 Å². The minimum Gasteiger partial charge on any atom is -0.317 e. The number of nitrogens with one attached hydrogen (secondary N) is 1. The molecule has 0 radical (unpaired) electrons. The number of sulfonamides is 1. The lowest BCUT2D eigenvalue weighted by atomic mass is 10.1. The van der Waals surface area contributed by atoms with Crippen LogP contribution in [-0.2, 0) is 10.0 Å². The quantitative estimate of drug-likeness (QED) is 0.930. The number of nitrogens with zero attached hydrogens (tertiary/aromatic N) is 1. The van der Waals surface area contributed by atoms with E-state index in [9.17, 15) is 12.8 Å². The van der Waals surface area contributed by atoms with Crippen LogP contribution >= 0.6 is 0 Å². The van der Waals surface area contributed by atoms with Crippen molar-refractivity contribution in [3.8, 4) is 0 Å². The summed E-state index contributed by atoms with van der Waals surface area (Å²) in [4.78, 5) is 0.239. The van der Waals surface area contributed by atoms with Crippen LogP contribution in [0.3, 0.4) is 0 Å². The van der Waals surface area contributed by atoms with E-state index in [0.29, 0.717) is 11.1 Å². The first-order chi connectivity index (χ1) is 9.84. The van der Waals surface area contributed by atoms with Gasteiger partial charge in [0, 0.05) is 13.1 Å². The topological polar surface area (TPSA) is 49.4 Å². The molecule has 1 aromatic carbocycles. The average molecular weight is 314 g/mol. The molecular formula is C15H23FN2O2S. The molecule has 1 aromatic rings. The minimum absolute atomic E-state index is 0.00569. The van der Waals surface area contributed by atoms with Crippen LogP contribution in [0.4, 0.5) is 4.39 Å². The van der Waals surface area contributed by atoms with E-state index in [1.807, 2.05) is 0 Å². The Morgan fingerprint density at radius 2 is 1.81 bits per heavy atom. The zero-order chi connectivity index (χ0) is 15.6. The molecule has 1 heterocycles. The second kappa shape index (κ2) is 6.42. The van der Waals surface area contributed by atoms with Gasteiger partial charge in [-0.3, -0.25) is 0 Å². The average Bonchev–Trinajstić information content (AvgIpc) is 2.64. The van der Waals surface area contributed by atoms with Gasteiger partial charge in [-0.2, -0.15) is 4.31 Å². The van der Waals surface area contributed by atoms with Crippen LogP contribution in [0.2, 0.25) is 0 Å². The molecule has 1 saturated heterocycles. The monoisotopic (exact) mass is 314 g/mol. The summed E-state index contributed by atoms with van der Waals surface area (Å²) in [6, 6.07) is 2.55. The highest BCUT2D eigenvalue weighted by Crippen LogP contribution is 2.27. The highest BCUT2D eigenvalue weighted by Gasteiger charge is 2.30. The van der Waals surface area contributed by atoms with Crippen molar-refractivity contribution in [3.05, 3.63) is 29.1 Å². The van der Waals surface area contributed by atoms with Crippen LogP contribution in [0, 0.1) is 19.7 Å². The molecule has 0 saturated carbocycles. The van der Waals surface area contributed by atoms with Crippen LogP contribution in [0.5, 0.6) is 0 Å². The molecule has 1 unspecified atom stereocenters. The molecule has 1 aliphatic heterocycles. The van der Waals surface area contributed by atoms with Gasteiger partial charge in [0.2, 0.25) is 10.0 Å². The van der Waals surface area contributed by atoms with Gasteiger partial charge in [-0.1, -0.05) is 0 Å². The first-order valence-electron chi connectivity index (χ1n) is 7.29. The number of halogens is 1. The second-order valence-corrected chi connectivity index (χ2v) is 7.66. The molecule has 0 bridgehead atoms. The molecule has 1 N–H and O–H groups in total. The second-order valence-electron chi connectivity index (χ2n) is 5.72.